The number of nitrogens with zero attached hydrogens (tertiary/aromatic N) is 5. The average molecular weight is 381 g/mol. The van der Waals surface area contributed by atoms with E-state index in [2.05, 4.69) is 38.9 Å². The Hall–Kier alpha value is -3.36. The first-order valence-electron chi connectivity index (χ1n) is 9.18. The van der Waals surface area contributed by atoms with Gasteiger partial charge in [0.1, 0.15) is 5.65 Å². The highest BCUT2D eigenvalue weighted by Gasteiger charge is 2.32. The topological polar surface area (TPSA) is 101 Å². The van der Waals surface area contributed by atoms with E-state index in [0.717, 1.165) is 17.6 Å². The zero-order valence-corrected chi connectivity index (χ0v) is 15.9. The molecule has 2 atom stereocenters. The molecule has 0 bridgehead atoms. The van der Waals surface area contributed by atoms with E-state index in [1.165, 1.54) is 6.08 Å². The second kappa shape index (κ2) is 7.34. The van der Waals surface area contributed by atoms with Crippen molar-refractivity contribution in [3.05, 3.63) is 37.3 Å². The van der Waals surface area contributed by atoms with Gasteiger partial charge >= 0.3 is 0 Å². The summed E-state index contributed by atoms with van der Waals surface area (Å²) in [6, 6.07) is 1.89. The first kappa shape index (κ1) is 18.0. The third kappa shape index (κ3) is 3.55. The number of likely N-dealkylation sites (tertiary alicyclic amines) is 1. The van der Waals surface area contributed by atoms with Gasteiger partial charge in [0, 0.05) is 38.4 Å². The lowest BCUT2D eigenvalue weighted by molar-refractivity contribution is -0.125. The SMILES string of the molecule is C=CC(=O)N1C[C@H](COc2nc(Nc3cnn(C)c3)nc3[nH]ccc23)[C@@H](C)C1. The molecule has 146 valence electrons. The van der Waals surface area contributed by atoms with E-state index in [1.54, 1.807) is 10.9 Å². The number of aromatic nitrogens is 5. The van der Waals surface area contributed by atoms with Gasteiger partial charge in [-0.3, -0.25) is 9.48 Å². The second-order valence-electron chi connectivity index (χ2n) is 7.12. The van der Waals surface area contributed by atoms with Crippen LogP contribution in [0.15, 0.2) is 37.3 Å². The number of nitrogens with one attached hydrogen (secondary N) is 2. The predicted octanol–water partition coefficient (Wildman–Crippen LogP) is 2.09. The number of fused-ring (bicyclic) bond motifs is 1. The summed E-state index contributed by atoms with van der Waals surface area (Å²) in [5.41, 5.74) is 1.49. The molecule has 0 spiro atoms. The molecular formula is C19H23N7O2. The lowest BCUT2D eigenvalue weighted by atomic mass is 9.99. The van der Waals surface area contributed by atoms with Gasteiger partial charge in [-0.1, -0.05) is 13.5 Å². The maximum Gasteiger partial charge on any atom is 0.245 e. The Bertz CT molecular complexity index is 1010. The third-order valence-corrected chi connectivity index (χ3v) is 5.03. The lowest BCUT2D eigenvalue weighted by Gasteiger charge is -2.16. The van der Waals surface area contributed by atoms with Crippen LogP contribution in [0.2, 0.25) is 0 Å². The van der Waals surface area contributed by atoms with Crippen molar-refractivity contribution >= 4 is 28.6 Å². The normalized spacial score (nSPS) is 19.1. The van der Waals surface area contributed by atoms with E-state index < -0.39 is 0 Å². The standard InChI is InChI=1S/C19H23N7O2/c1-4-16(27)26-8-12(2)13(9-26)11-28-18-15-5-6-20-17(15)23-19(24-18)22-14-7-21-25(3)10-14/h4-7,10,12-13H,1,8-9,11H2,2-3H3,(H2,20,22,23,24)/t12-,13+/m0/s1. The summed E-state index contributed by atoms with van der Waals surface area (Å²) in [6.45, 7) is 7.55. The summed E-state index contributed by atoms with van der Waals surface area (Å²) in [5.74, 6) is 1.50. The van der Waals surface area contributed by atoms with Gasteiger partial charge < -0.3 is 19.9 Å². The van der Waals surface area contributed by atoms with Gasteiger partial charge in [0.25, 0.3) is 0 Å². The fourth-order valence-electron chi connectivity index (χ4n) is 3.44. The smallest absolute Gasteiger partial charge is 0.245 e. The molecule has 0 saturated carbocycles. The molecule has 9 nitrogen and oxygen atoms in total. The van der Waals surface area contributed by atoms with Crippen LogP contribution < -0.4 is 10.1 Å². The zero-order chi connectivity index (χ0) is 19.7. The Labute approximate surface area is 162 Å². The number of aryl methyl sites for hydroxylation is 1. The number of hydrogen-bond acceptors (Lipinski definition) is 6. The van der Waals surface area contributed by atoms with Crippen molar-refractivity contribution in [1.82, 2.24) is 29.6 Å². The van der Waals surface area contributed by atoms with Crippen LogP contribution in [0.1, 0.15) is 6.92 Å². The Morgan fingerprint density at radius 3 is 3.07 bits per heavy atom. The Kier molecular flexibility index (Phi) is 4.72. The van der Waals surface area contributed by atoms with Crippen LogP contribution in [-0.2, 0) is 11.8 Å². The lowest BCUT2D eigenvalue weighted by Crippen LogP contribution is -2.27. The Morgan fingerprint density at radius 2 is 2.32 bits per heavy atom. The van der Waals surface area contributed by atoms with E-state index in [1.807, 2.05) is 30.4 Å². The summed E-state index contributed by atoms with van der Waals surface area (Å²) < 4.78 is 7.78. The summed E-state index contributed by atoms with van der Waals surface area (Å²) >= 11 is 0. The fraction of sp³-hybridized carbons (Fsp3) is 0.368. The van der Waals surface area contributed by atoms with Crippen LogP contribution in [0.5, 0.6) is 5.88 Å². The molecule has 1 fully saturated rings. The second-order valence-corrected chi connectivity index (χ2v) is 7.12. The average Bonchev–Trinajstić information content (AvgIpc) is 3.39. The van der Waals surface area contributed by atoms with Gasteiger partial charge in [-0.05, 0) is 18.1 Å². The maximum absolute atomic E-state index is 11.9. The van der Waals surface area contributed by atoms with E-state index in [4.69, 9.17) is 4.74 Å². The number of ether oxygens (including phenoxy) is 1. The number of aromatic amines is 1. The first-order chi connectivity index (χ1) is 13.5. The third-order valence-electron chi connectivity index (χ3n) is 5.03. The molecule has 9 heteroatoms. The van der Waals surface area contributed by atoms with E-state index in [-0.39, 0.29) is 11.8 Å². The monoisotopic (exact) mass is 381 g/mol. The van der Waals surface area contributed by atoms with Gasteiger partial charge in [-0.15, -0.1) is 0 Å². The minimum absolute atomic E-state index is 0.0348. The molecule has 2 N–H and O–H groups in total. The Morgan fingerprint density at radius 1 is 1.46 bits per heavy atom. The van der Waals surface area contributed by atoms with Crippen LogP contribution in [-0.4, -0.2) is 55.2 Å². The maximum atomic E-state index is 11.9. The summed E-state index contributed by atoms with van der Waals surface area (Å²) in [7, 11) is 1.85. The number of H-pyrrole nitrogens is 1. The van der Waals surface area contributed by atoms with Crippen molar-refractivity contribution in [1.29, 1.82) is 0 Å². The van der Waals surface area contributed by atoms with Crippen LogP contribution in [0.3, 0.4) is 0 Å². The van der Waals surface area contributed by atoms with Crippen molar-refractivity contribution in [2.45, 2.75) is 6.92 Å². The van der Waals surface area contributed by atoms with Gasteiger partial charge in [-0.2, -0.15) is 15.1 Å². The molecule has 1 aliphatic rings. The van der Waals surface area contributed by atoms with E-state index in [0.29, 0.717) is 36.5 Å². The fourth-order valence-corrected chi connectivity index (χ4v) is 3.44. The molecule has 4 heterocycles. The number of carbonyl (C=O) groups is 1. The molecule has 1 aliphatic heterocycles. The Balaban J connectivity index is 1.51. The predicted molar refractivity (Wildman–Crippen MR) is 105 cm³/mol. The van der Waals surface area contributed by atoms with Crippen LogP contribution in [0.4, 0.5) is 11.6 Å². The summed E-state index contributed by atoms with van der Waals surface area (Å²) in [6.07, 6.45) is 6.71. The first-order valence-corrected chi connectivity index (χ1v) is 9.18. The summed E-state index contributed by atoms with van der Waals surface area (Å²) in [5, 5.41) is 8.10. The quantitative estimate of drug-likeness (QED) is 0.634. The largest absolute Gasteiger partial charge is 0.477 e. The van der Waals surface area contributed by atoms with Crippen molar-refractivity contribution in [2.75, 3.05) is 25.0 Å². The zero-order valence-electron chi connectivity index (χ0n) is 15.9. The molecule has 3 aromatic rings. The van der Waals surface area contributed by atoms with Crippen LogP contribution in [0, 0.1) is 11.8 Å². The van der Waals surface area contributed by atoms with Crippen molar-refractivity contribution in [3.8, 4) is 5.88 Å². The van der Waals surface area contributed by atoms with Crippen molar-refractivity contribution < 1.29 is 9.53 Å². The van der Waals surface area contributed by atoms with Crippen LogP contribution in [0.25, 0.3) is 11.0 Å². The van der Waals surface area contributed by atoms with E-state index >= 15 is 0 Å². The minimum atomic E-state index is -0.0348. The number of anilines is 2. The molecule has 0 radical (unpaired) electrons. The molecule has 0 aliphatic carbocycles. The van der Waals surface area contributed by atoms with Gasteiger partial charge in [0.2, 0.25) is 17.7 Å². The molecule has 4 rings (SSSR count). The van der Waals surface area contributed by atoms with E-state index in [9.17, 15) is 4.79 Å². The van der Waals surface area contributed by atoms with Crippen molar-refractivity contribution in [2.24, 2.45) is 18.9 Å². The molecule has 3 aromatic heterocycles. The highest BCUT2D eigenvalue weighted by atomic mass is 16.5. The molecule has 1 saturated heterocycles. The van der Waals surface area contributed by atoms with Crippen molar-refractivity contribution in [3.63, 3.8) is 0 Å². The number of amides is 1. The summed E-state index contributed by atoms with van der Waals surface area (Å²) in [4.78, 5) is 25.8. The van der Waals surface area contributed by atoms with Crippen LogP contribution >= 0.6 is 0 Å². The molecular weight excluding hydrogens is 358 g/mol. The number of hydrogen-bond donors (Lipinski definition) is 2. The molecule has 0 aromatic carbocycles. The number of carbonyl (C=O) groups excluding carboxylic acids is 1. The van der Waals surface area contributed by atoms with Gasteiger partial charge in [0.15, 0.2) is 0 Å². The highest BCUT2D eigenvalue weighted by Crippen LogP contribution is 2.28. The molecule has 0 unspecified atom stereocenters. The highest BCUT2D eigenvalue weighted by molar-refractivity contribution is 5.87. The molecule has 1 amide bonds. The number of rotatable bonds is 6. The van der Waals surface area contributed by atoms with Gasteiger partial charge in [0.05, 0.1) is 23.9 Å². The minimum Gasteiger partial charge on any atom is -0.477 e. The van der Waals surface area contributed by atoms with Gasteiger partial charge in [-0.25, -0.2) is 0 Å². The molecule has 28 heavy (non-hydrogen) atoms.